The van der Waals surface area contributed by atoms with E-state index in [1.54, 1.807) is 0 Å². The van der Waals surface area contributed by atoms with Crippen LogP contribution in [0.3, 0.4) is 0 Å². The number of aromatic amines is 2. The molecular weight excluding hydrogens is 514 g/mol. The second-order valence-electron chi connectivity index (χ2n) is 10.3. The first-order valence-electron chi connectivity index (χ1n) is 15.4. The van der Waals surface area contributed by atoms with Crippen molar-refractivity contribution < 1.29 is 0 Å². The first-order valence-corrected chi connectivity index (χ1v) is 15.4. The summed E-state index contributed by atoms with van der Waals surface area (Å²) in [5.74, 6) is 0.712. The van der Waals surface area contributed by atoms with Gasteiger partial charge in [0.15, 0.2) is 5.82 Å². The molecule has 1 aliphatic carbocycles. The molecule has 2 N–H and O–H groups in total. The van der Waals surface area contributed by atoms with Crippen LogP contribution in [0.5, 0.6) is 0 Å². The van der Waals surface area contributed by atoms with Crippen LogP contribution >= 0.6 is 0 Å². The lowest BCUT2D eigenvalue weighted by molar-refractivity contribution is 0.334. The van der Waals surface area contributed by atoms with Crippen molar-refractivity contribution in [2.24, 2.45) is 0 Å². The smallest absolute Gasteiger partial charge is 0.159 e. The number of nitrogens with zero attached hydrogens (tertiary/aromatic N) is 3. The predicted octanol–water partition coefficient (Wildman–Crippen LogP) is 7.66. The summed E-state index contributed by atoms with van der Waals surface area (Å²) < 4.78 is 0. The monoisotopic (exact) mass is 563 g/mol. The fourth-order valence-electron chi connectivity index (χ4n) is 5.41. The number of H-pyrrole nitrogens is 2. The molecule has 222 valence electrons. The van der Waals surface area contributed by atoms with Crippen molar-refractivity contribution in [2.75, 3.05) is 19.6 Å². The zero-order valence-corrected chi connectivity index (χ0v) is 26.4. The number of hydrogen-bond acceptors (Lipinski definition) is 3. The van der Waals surface area contributed by atoms with Crippen LogP contribution in [-0.4, -0.2) is 44.7 Å². The van der Waals surface area contributed by atoms with Gasteiger partial charge in [0, 0.05) is 16.5 Å². The van der Waals surface area contributed by atoms with E-state index in [4.69, 9.17) is 4.98 Å². The van der Waals surface area contributed by atoms with E-state index in [2.05, 4.69) is 96.2 Å². The Hall–Kier alpha value is -3.96. The molecule has 0 aromatic carbocycles. The van der Waals surface area contributed by atoms with E-state index in [9.17, 15) is 0 Å². The maximum atomic E-state index is 5.00. The zero-order valence-electron chi connectivity index (χ0n) is 26.4. The summed E-state index contributed by atoms with van der Waals surface area (Å²) in [7, 11) is 0. The summed E-state index contributed by atoms with van der Waals surface area (Å²) in [4.78, 5) is 11.0. The molecule has 42 heavy (non-hydrogen) atoms. The third-order valence-corrected chi connectivity index (χ3v) is 7.61. The van der Waals surface area contributed by atoms with Crippen LogP contribution in [0.15, 0.2) is 90.1 Å². The lowest BCUT2D eigenvalue weighted by Gasteiger charge is -2.14. The normalized spacial score (nSPS) is 17.0. The Morgan fingerprint density at radius 2 is 1.83 bits per heavy atom. The number of likely N-dealkylation sites (tertiary alicyclic amines) is 1. The van der Waals surface area contributed by atoms with Gasteiger partial charge in [0.1, 0.15) is 5.69 Å². The van der Waals surface area contributed by atoms with Crippen LogP contribution in [0.25, 0.3) is 29.7 Å². The van der Waals surface area contributed by atoms with Gasteiger partial charge in [-0.2, -0.15) is 5.10 Å². The number of hydrogen-bond donors (Lipinski definition) is 2. The van der Waals surface area contributed by atoms with Gasteiger partial charge in [0.2, 0.25) is 0 Å². The third kappa shape index (κ3) is 8.07. The van der Waals surface area contributed by atoms with Gasteiger partial charge in [0.05, 0.1) is 11.0 Å². The van der Waals surface area contributed by atoms with Crippen molar-refractivity contribution in [1.29, 1.82) is 0 Å². The van der Waals surface area contributed by atoms with Crippen molar-refractivity contribution in [3.63, 3.8) is 0 Å². The highest BCUT2D eigenvalue weighted by molar-refractivity contribution is 5.83. The number of nitrogens with one attached hydrogen (secondary N) is 2. The molecule has 0 atom stereocenters. The summed E-state index contributed by atoms with van der Waals surface area (Å²) in [6.07, 6.45) is 26.8. The highest BCUT2D eigenvalue weighted by atomic mass is 15.1. The maximum absolute atomic E-state index is 5.00. The highest BCUT2D eigenvalue weighted by Gasteiger charge is 2.18. The second-order valence-corrected chi connectivity index (χ2v) is 10.3. The molecule has 4 rings (SSSR count). The van der Waals surface area contributed by atoms with Crippen LogP contribution < -0.4 is 10.6 Å². The predicted molar refractivity (Wildman–Crippen MR) is 182 cm³/mol. The van der Waals surface area contributed by atoms with Gasteiger partial charge in [0.25, 0.3) is 0 Å². The molecule has 2 aromatic heterocycles. The van der Waals surface area contributed by atoms with Gasteiger partial charge >= 0.3 is 0 Å². The Labute approximate surface area is 252 Å². The molecule has 1 fully saturated rings. The van der Waals surface area contributed by atoms with Crippen LogP contribution in [0.4, 0.5) is 0 Å². The molecule has 5 nitrogen and oxygen atoms in total. The molecule has 0 unspecified atom stereocenters. The van der Waals surface area contributed by atoms with Gasteiger partial charge in [-0.15, -0.1) is 0 Å². The summed E-state index contributed by atoms with van der Waals surface area (Å²) in [6, 6.07) is 0. The molecule has 0 amide bonds. The van der Waals surface area contributed by atoms with Crippen molar-refractivity contribution in [2.45, 2.75) is 66.7 Å². The molecule has 0 spiro atoms. The van der Waals surface area contributed by atoms with E-state index >= 15 is 0 Å². The van der Waals surface area contributed by atoms with Gasteiger partial charge < -0.3 is 9.88 Å². The van der Waals surface area contributed by atoms with Crippen LogP contribution in [-0.2, 0) is 0 Å². The quantitative estimate of drug-likeness (QED) is 0.261. The minimum atomic E-state index is 0.712. The topological polar surface area (TPSA) is 60.6 Å². The number of imidazole rings is 1. The van der Waals surface area contributed by atoms with Gasteiger partial charge in [-0.1, -0.05) is 88.3 Å². The lowest BCUT2D eigenvalue weighted by Crippen LogP contribution is -2.22. The van der Waals surface area contributed by atoms with Crippen molar-refractivity contribution in [1.82, 2.24) is 25.1 Å². The average molecular weight is 564 g/mol. The van der Waals surface area contributed by atoms with Crippen LogP contribution in [0.1, 0.15) is 71.2 Å². The van der Waals surface area contributed by atoms with Gasteiger partial charge in [-0.3, -0.25) is 5.10 Å². The number of rotatable bonds is 12. The van der Waals surface area contributed by atoms with E-state index in [-0.39, 0.29) is 0 Å². The fourth-order valence-corrected chi connectivity index (χ4v) is 5.41. The molecule has 0 radical (unpaired) electrons. The molecule has 2 aliphatic rings. The summed E-state index contributed by atoms with van der Waals surface area (Å²) >= 11 is 0. The average Bonchev–Trinajstić information content (AvgIpc) is 3.83. The lowest BCUT2D eigenvalue weighted by atomic mass is 9.99. The molecule has 3 heterocycles. The largest absolute Gasteiger partial charge is 0.340 e. The van der Waals surface area contributed by atoms with E-state index in [1.807, 2.05) is 39.0 Å². The van der Waals surface area contributed by atoms with Crippen LogP contribution in [0, 0.1) is 6.92 Å². The fraction of sp³-hybridized carbons (Fsp3) is 0.351. The first-order chi connectivity index (χ1) is 20.5. The summed E-state index contributed by atoms with van der Waals surface area (Å²) in [5.41, 5.74) is 8.36. The molecule has 5 heteroatoms. The van der Waals surface area contributed by atoms with Crippen molar-refractivity contribution in [3.05, 3.63) is 112 Å². The Morgan fingerprint density at radius 1 is 1.10 bits per heavy atom. The number of allylic oxidation sites excluding steroid dienone is 14. The molecule has 1 saturated heterocycles. The third-order valence-electron chi connectivity index (χ3n) is 7.61. The molecule has 1 aliphatic heterocycles. The zero-order chi connectivity index (χ0) is 30.5. The summed E-state index contributed by atoms with van der Waals surface area (Å²) in [5, 5.41) is 9.36. The second kappa shape index (κ2) is 16.5. The Bertz CT molecular complexity index is 1520. The SMILES string of the molecule is C=C/C=C(/C1=CCC=C1)c1nc(-c2n[nH]c(=C)\c2=C/C(=C\C)C(/C=C(\C=C)CCCN2CCCC2)=C/C)[nH]c1C.CC. The Morgan fingerprint density at radius 3 is 2.45 bits per heavy atom. The standard InChI is InChI=1S/C35H43N5.C2H6/c1-7-16-31(30-18-11-12-19-30)33-26(6)36-35(37-33)34-32(25(5)38-39-34)24-29(10-4)28(9-3)23-27(8-2)17-15-22-40-20-13-14-21-40;1-2/h7-11,16,18-19,23-24,38H,1-2,5,12-15,17,20-22H2,3-4,6H3,(H,36,37);1-2H3/b27-23+,28-9+,29-10+,31-16-,32-24+;. The highest BCUT2D eigenvalue weighted by Crippen LogP contribution is 2.30. The summed E-state index contributed by atoms with van der Waals surface area (Å²) in [6.45, 7) is 26.1. The van der Waals surface area contributed by atoms with Crippen molar-refractivity contribution >= 4 is 18.2 Å². The van der Waals surface area contributed by atoms with Gasteiger partial charge in [-0.25, -0.2) is 4.98 Å². The number of aromatic nitrogens is 4. The first kappa shape index (κ1) is 32.6. The van der Waals surface area contributed by atoms with Crippen LogP contribution in [0.2, 0.25) is 0 Å². The maximum Gasteiger partial charge on any atom is 0.159 e. The van der Waals surface area contributed by atoms with E-state index < -0.39 is 0 Å². The van der Waals surface area contributed by atoms with E-state index in [0.717, 1.165) is 75.7 Å². The van der Waals surface area contributed by atoms with Gasteiger partial charge in [-0.05, 0) is 101 Å². The number of aryl methyl sites for hydroxylation is 1. The minimum absolute atomic E-state index is 0.712. The minimum Gasteiger partial charge on any atom is -0.340 e. The Kier molecular flexibility index (Phi) is 12.8. The van der Waals surface area contributed by atoms with E-state index in [1.165, 1.54) is 31.5 Å². The van der Waals surface area contributed by atoms with E-state index in [0.29, 0.717) is 5.82 Å². The Balaban J connectivity index is 0.00000237. The van der Waals surface area contributed by atoms with Crippen molar-refractivity contribution in [3.8, 4) is 11.5 Å². The molecule has 0 saturated carbocycles. The molecule has 2 aromatic rings. The molecular formula is C37H49N5. The molecule has 0 bridgehead atoms.